The van der Waals surface area contributed by atoms with Crippen LogP contribution in [0, 0.1) is 11.7 Å². The average Bonchev–Trinajstić information content (AvgIpc) is 3.00. The lowest BCUT2D eigenvalue weighted by Gasteiger charge is -2.18. The normalized spacial score (nSPS) is 15.8. The number of halogens is 1. The van der Waals surface area contributed by atoms with Gasteiger partial charge >= 0.3 is 5.97 Å². The molecule has 0 fully saturated rings. The first-order valence-corrected chi connectivity index (χ1v) is 11.3. The highest BCUT2D eigenvalue weighted by atomic mass is 32.2. The maximum Gasteiger partial charge on any atom is 0.341 e. The van der Waals surface area contributed by atoms with Crippen molar-refractivity contribution in [3.05, 3.63) is 46.1 Å². The van der Waals surface area contributed by atoms with Crippen LogP contribution in [0.4, 0.5) is 9.39 Å². The molecule has 1 unspecified atom stereocenters. The molecular weight excluding hydrogens is 397 g/mol. The van der Waals surface area contributed by atoms with E-state index in [0.29, 0.717) is 35.3 Å². The number of thioether (sulfide) groups is 1. The third-order valence-corrected chi connectivity index (χ3v) is 6.84. The number of hydrogen-bond acceptors (Lipinski definition) is 5. The zero-order valence-electron chi connectivity index (χ0n) is 16.0. The Bertz CT molecular complexity index is 848. The van der Waals surface area contributed by atoms with Crippen LogP contribution < -0.4 is 5.32 Å². The molecule has 1 N–H and O–H groups in total. The molecule has 150 valence electrons. The number of anilines is 1. The van der Waals surface area contributed by atoms with Crippen LogP contribution in [0.1, 0.15) is 47.5 Å². The minimum atomic E-state index is -0.356. The summed E-state index contributed by atoms with van der Waals surface area (Å²) in [5.41, 5.74) is 1.57. The van der Waals surface area contributed by atoms with E-state index in [1.54, 1.807) is 19.1 Å². The minimum absolute atomic E-state index is 0.133. The molecule has 0 saturated carbocycles. The number of carbonyl (C=O) groups excluding carboxylic acids is 2. The second-order valence-electron chi connectivity index (χ2n) is 6.88. The van der Waals surface area contributed by atoms with Gasteiger partial charge in [-0.05, 0) is 61.9 Å². The predicted octanol–water partition coefficient (Wildman–Crippen LogP) is 5.31. The van der Waals surface area contributed by atoms with Gasteiger partial charge in [0.2, 0.25) is 5.91 Å². The number of fused-ring (bicyclic) bond motifs is 1. The van der Waals surface area contributed by atoms with E-state index < -0.39 is 0 Å². The van der Waals surface area contributed by atoms with Gasteiger partial charge in [-0.15, -0.1) is 23.1 Å². The Morgan fingerprint density at radius 2 is 2.07 bits per heavy atom. The van der Waals surface area contributed by atoms with E-state index in [1.807, 2.05) is 0 Å². The standard InChI is InChI=1S/C21H24FNO3S2/c1-3-26-21(25)19-16-9-4-13(2)12-17(16)28-20(19)23-18(24)10-11-27-15-7-5-14(22)6-8-15/h5-8,13H,3-4,9-12H2,1-2H3,(H,23,24). The number of hydrogen-bond donors (Lipinski definition) is 1. The molecule has 0 aliphatic heterocycles. The Hall–Kier alpha value is -1.86. The fraction of sp³-hybridized carbons (Fsp3) is 0.429. The zero-order chi connectivity index (χ0) is 20.1. The summed E-state index contributed by atoms with van der Waals surface area (Å²) >= 11 is 3.00. The zero-order valence-corrected chi connectivity index (χ0v) is 17.7. The van der Waals surface area contributed by atoms with E-state index in [0.717, 1.165) is 29.7 Å². The van der Waals surface area contributed by atoms with Crippen molar-refractivity contribution < 1.29 is 18.7 Å². The van der Waals surface area contributed by atoms with E-state index in [2.05, 4.69) is 12.2 Å². The lowest BCUT2D eigenvalue weighted by molar-refractivity contribution is -0.115. The van der Waals surface area contributed by atoms with Crippen LogP contribution in [0.15, 0.2) is 29.2 Å². The van der Waals surface area contributed by atoms with E-state index in [1.165, 1.54) is 40.1 Å². The Labute approximate surface area is 172 Å². The topological polar surface area (TPSA) is 55.4 Å². The fourth-order valence-corrected chi connectivity index (χ4v) is 5.51. The van der Waals surface area contributed by atoms with Crippen molar-refractivity contribution >= 4 is 40.0 Å². The van der Waals surface area contributed by atoms with E-state index in [9.17, 15) is 14.0 Å². The van der Waals surface area contributed by atoms with Crippen molar-refractivity contribution in [3.8, 4) is 0 Å². The third kappa shape index (κ3) is 5.14. The number of carbonyl (C=O) groups is 2. The van der Waals surface area contributed by atoms with Crippen LogP contribution in [0.5, 0.6) is 0 Å². The number of benzene rings is 1. The molecule has 1 aliphatic carbocycles. The van der Waals surface area contributed by atoms with Gasteiger partial charge in [0, 0.05) is 21.9 Å². The van der Waals surface area contributed by atoms with Crippen LogP contribution in [0.2, 0.25) is 0 Å². The van der Waals surface area contributed by atoms with Crippen molar-refractivity contribution in [3.63, 3.8) is 0 Å². The molecule has 4 nitrogen and oxygen atoms in total. The number of thiophene rings is 1. The summed E-state index contributed by atoms with van der Waals surface area (Å²) in [7, 11) is 0. The second kappa shape index (κ2) is 9.56. The lowest BCUT2D eigenvalue weighted by atomic mass is 9.88. The number of rotatable bonds is 7. The van der Waals surface area contributed by atoms with Crippen LogP contribution in [0.3, 0.4) is 0 Å². The van der Waals surface area contributed by atoms with Gasteiger partial charge in [-0.1, -0.05) is 6.92 Å². The van der Waals surface area contributed by atoms with Crippen molar-refractivity contribution in [2.24, 2.45) is 5.92 Å². The highest BCUT2D eigenvalue weighted by molar-refractivity contribution is 7.99. The predicted molar refractivity (Wildman–Crippen MR) is 112 cm³/mol. The van der Waals surface area contributed by atoms with Crippen LogP contribution in [0.25, 0.3) is 0 Å². The molecule has 2 aromatic rings. The summed E-state index contributed by atoms with van der Waals surface area (Å²) < 4.78 is 18.2. The first kappa shape index (κ1) is 20.9. The Morgan fingerprint density at radius 3 is 2.79 bits per heavy atom. The summed E-state index contributed by atoms with van der Waals surface area (Å²) in [5, 5.41) is 3.53. The lowest BCUT2D eigenvalue weighted by Crippen LogP contribution is -2.16. The van der Waals surface area contributed by atoms with Gasteiger partial charge in [-0.2, -0.15) is 0 Å². The maximum atomic E-state index is 12.9. The van der Waals surface area contributed by atoms with Gasteiger partial charge < -0.3 is 10.1 Å². The average molecular weight is 422 g/mol. The van der Waals surface area contributed by atoms with Gasteiger partial charge in [0.15, 0.2) is 0 Å². The molecule has 1 atom stereocenters. The number of nitrogens with one attached hydrogen (secondary N) is 1. The summed E-state index contributed by atoms with van der Waals surface area (Å²) in [5.74, 6) is 0.396. The van der Waals surface area contributed by atoms with Crippen molar-refractivity contribution in [2.45, 2.75) is 44.4 Å². The molecule has 7 heteroatoms. The summed E-state index contributed by atoms with van der Waals surface area (Å²) in [4.78, 5) is 27.0. The van der Waals surface area contributed by atoms with E-state index >= 15 is 0 Å². The molecule has 1 aromatic heterocycles. The summed E-state index contributed by atoms with van der Waals surface area (Å²) in [6, 6.07) is 6.22. The van der Waals surface area contributed by atoms with Gasteiger partial charge in [0.05, 0.1) is 12.2 Å². The quantitative estimate of drug-likeness (QED) is 0.486. The number of amides is 1. The summed E-state index contributed by atoms with van der Waals surface area (Å²) in [6.07, 6.45) is 3.13. The third-order valence-electron chi connectivity index (χ3n) is 4.66. The molecule has 3 rings (SSSR count). The van der Waals surface area contributed by atoms with Gasteiger partial charge in [0.1, 0.15) is 10.8 Å². The van der Waals surface area contributed by atoms with E-state index in [4.69, 9.17) is 4.74 Å². The van der Waals surface area contributed by atoms with Crippen molar-refractivity contribution in [1.29, 1.82) is 0 Å². The second-order valence-corrected chi connectivity index (χ2v) is 9.15. The van der Waals surface area contributed by atoms with Gasteiger partial charge in [-0.3, -0.25) is 4.79 Å². The number of esters is 1. The van der Waals surface area contributed by atoms with E-state index in [-0.39, 0.29) is 17.7 Å². The monoisotopic (exact) mass is 421 g/mol. The molecule has 0 radical (unpaired) electrons. The highest BCUT2D eigenvalue weighted by Crippen LogP contribution is 2.40. The largest absolute Gasteiger partial charge is 0.462 e. The highest BCUT2D eigenvalue weighted by Gasteiger charge is 2.29. The summed E-state index contributed by atoms with van der Waals surface area (Å²) in [6.45, 7) is 4.29. The molecule has 1 aliphatic rings. The fourth-order valence-electron chi connectivity index (χ4n) is 3.24. The number of ether oxygens (including phenoxy) is 1. The van der Waals surface area contributed by atoms with Gasteiger partial charge in [-0.25, -0.2) is 9.18 Å². The smallest absolute Gasteiger partial charge is 0.341 e. The first-order valence-electron chi connectivity index (χ1n) is 9.47. The molecule has 28 heavy (non-hydrogen) atoms. The molecule has 0 spiro atoms. The van der Waals surface area contributed by atoms with Gasteiger partial charge in [0.25, 0.3) is 0 Å². The maximum absolute atomic E-state index is 12.9. The Morgan fingerprint density at radius 1 is 1.32 bits per heavy atom. The molecule has 0 saturated heterocycles. The molecule has 1 amide bonds. The molecule has 0 bridgehead atoms. The van der Waals surface area contributed by atoms with Crippen LogP contribution in [-0.2, 0) is 22.4 Å². The molecular formula is C21H24FNO3S2. The van der Waals surface area contributed by atoms with Crippen LogP contribution in [-0.4, -0.2) is 24.2 Å². The molecule has 1 heterocycles. The van der Waals surface area contributed by atoms with Crippen molar-refractivity contribution in [1.82, 2.24) is 0 Å². The van der Waals surface area contributed by atoms with Crippen molar-refractivity contribution in [2.75, 3.05) is 17.7 Å². The Kier molecular flexibility index (Phi) is 7.13. The first-order chi connectivity index (χ1) is 13.5. The SMILES string of the molecule is CCOC(=O)c1c(NC(=O)CCSc2ccc(F)cc2)sc2c1CCC(C)C2. The Balaban J connectivity index is 1.66. The van der Waals surface area contributed by atoms with Crippen LogP contribution >= 0.6 is 23.1 Å². The molecule has 1 aromatic carbocycles. The minimum Gasteiger partial charge on any atom is -0.462 e.